The van der Waals surface area contributed by atoms with Crippen molar-refractivity contribution >= 4 is 11.6 Å². The van der Waals surface area contributed by atoms with E-state index in [4.69, 9.17) is 9.47 Å². The SMILES string of the molecule is CCOc1cc([N+](=O)[O-])c(C(=O)NCCCCc2ccccc2)cc1OC. The molecule has 0 bridgehead atoms. The highest BCUT2D eigenvalue weighted by Gasteiger charge is 2.24. The van der Waals surface area contributed by atoms with Crippen molar-refractivity contribution in [1.29, 1.82) is 0 Å². The minimum Gasteiger partial charge on any atom is -0.493 e. The summed E-state index contributed by atoms with van der Waals surface area (Å²) in [6.45, 7) is 2.54. The van der Waals surface area contributed by atoms with Crippen LogP contribution in [0.1, 0.15) is 35.7 Å². The molecule has 7 heteroatoms. The minimum atomic E-state index is -0.591. The monoisotopic (exact) mass is 372 g/mol. The van der Waals surface area contributed by atoms with Gasteiger partial charge in [0.25, 0.3) is 11.6 Å². The second kappa shape index (κ2) is 10.2. The van der Waals surface area contributed by atoms with Crippen LogP contribution >= 0.6 is 0 Å². The van der Waals surface area contributed by atoms with Gasteiger partial charge in [-0.15, -0.1) is 0 Å². The maximum absolute atomic E-state index is 12.4. The Bertz CT molecular complexity index is 777. The van der Waals surface area contributed by atoms with Crippen LogP contribution in [-0.4, -0.2) is 31.1 Å². The quantitative estimate of drug-likeness (QED) is 0.390. The summed E-state index contributed by atoms with van der Waals surface area (Å²) < 4.78 is 10.5. The van der Waals surface area contributed by atoms with Crippen molar-refractivity contribution < 1.29 is 19.2 Å². The zero-order valence-corrected chi connectivity index (χ0v) is 15.6. The zero-order valence-electron chi connectivity index (χ0n) is 15.6. The smallest absolute Gasteiger partial charge is 0.286 e. The Morgan fingerprint density at radius 1 is 1.15 bits per heavy atom. The molecule has 2 aromatic carbocycles. The second-order valence-electron chi connectivity index (χ2n) is 5.91. The van der Waals surface area contributed by atoms with Gasteiger partial charge in [0.05, 0.1) is 24.7 Å². The van der Waals surface area contributed by atoms with Gasteiger partial charge in [0.2, 0.25) is 0 Å². The van der Waals surface area contributed by atoms with E-state index in [1.54, 1.807) is 6.92 Å². The maximum atomic E-state index is 12.4. The number of carbonyl (C=O) groups excluding carboxylic acids is 1. The van der Waals surface area contributed by atoms with E-state index in [0.29, 0.717) is 13.2 Å². The van der Waals surface area contributed by atoms with Crippen molar-refractivity contribution in [1.82, 2.24) is 5.32 Å². The maximum Gasteiger partial charge on any atom is 0.286 e. The van der Waals surface area contributed by atoms with E-state index in [1.165, 1.54) is 24.8 Å². The third-order valence-electron chi connectivity index (χ3n) is 4.04. The molecule has 0 atom stereocenters. The van der Waals surface area contributed by atoms with Crippen LogP contribution in [0.2, 0.25) is 0 Å². The van der Waals surface area contributed by atoms with Crippen LogP contribution < -0.4 is 14.8 Å². The van der Waals surface area contributed by atoms with E-state index in [9.17, 15) is 14.9 Å². The van der Waals surface area contributed by atoms with Gasteiger partial charge in [0.15, 0.2) is 11.5 Å². The number of nitro groups is 1. The molecular weight excluding hydrogens is 348 g/mol. The summed E-state index contributed by atoms with van der Waals surface area (Å²) in [7, 11) is 1.43. The van der Waals surface area contributed by atoms with Gasteiger partial charge in [-0.3, -0.25) is 14.9 Å². The van der Waals surface area contributed by atoms with Gasteiger partial charge >= 0.3 is 0 Å². The molecule has 0 aliphatic rings. The van der Waals surface area contributed by atoms with Crippen molar-refractivity contribution in [3.05, 3.63) is 63.7 Å². The molecule has 0 aromatic heterocycles. The van der Waals surface area contributed by atoms with Crippen molar-refractivity contribution in [3.63, 3.8) is 0 Å². The van der Waals surface area contributed by atoms with Crippen LogP contribution in [0.25, 0.3) is 0 Å². The molecule has 0 aliphatic carbocycles. The first kappa shape index (κ1) is 20.2. The van der Waals surface area contributed by atoms with Crippen LogP contribution in [-0.2, 0) is 6.42 Å². The number of nitrogens with one attached hydrogen (secondary N) is 1. The predicted molar refractivity (Wildman–Crippen MR) is 103 cm³/mol. The summed E-state index contributed by atoms with van der Waals surface area (Å²) in [5.74, 6) is 0.0329. The fourth-order valence-electron chi connectivity index (χ4n) is 2.71. The number of rotatable bonds is 10. The van der Waals surface area contributed by atoms with Crippen LogP contribution in [0.5, 0.6) is 11.5 Å². The first-order valence-corrected chi connectivity index (χ1v) is 8.88. The van der Waals surface area contributed by atoms with E-state index >= 15 is 0 Å². The molecule has 1 amide bonds. The lowest BCUT2D eigenvalue weighted by Crippen LogP contribution is -2.25. The molecule has 7 nitrogen and oxygen atoms in total. The first-order chi connectivity index (χ1) is 13.1. The molecule has 144 valence electrons. The van der Waals surface area contributed by atoms with Gasteiger partial charge in [0, 0.05) is 12.6 Å². The highest BCUT2D eigenvalue weighted by molar-refractivity contribution is 5.99. The zero-order chi connectivity index (χ0) is 19.6. The number of methoxy groups -OCH3 is 1. The lowest BCUT2D eigenvalue weighted by atomic mass is 10.1. The number of hydrogen-bond acceptors (Lipinski definition) is 5. The number of aryl methyl sites for hydroxylation is 1. The molecule has 0 unspecified atom stereocenters. The molecule has 2 rings (SSSR count). The molecule has 0 spiro atoms. The summed E-state index contributed by atoms with van der Waals surface area (Å²) in [5, 5.41) is 14.1. The fourth-order valence-corrected chi connectivity index (χ4v) is 2.71. The number of nitrogens with zero attached hydrogens (tertiary/aromatic N) is 1. The van der Waals surface area contributed by atoms with Gasteiger partial charge in [-0.05, 0) is 31.7 Å². The number of unbranched alkanes of at least 4 members (excludes halogenated alkanes) is 1. The average molecular weight is 372 g/mol. The van der Waals surface area contributed by atoms with E-state index in [1.807, 2.05) is 18.2 Å². The predicted octanol–water partition coefficient (Wildman–Crippen LogP) is 3.75. The van der Waals surface area contributed by atoms with Gasteiger partial charge < -0.3 is 14.8 Å². The number of amides is 1. The van der Waals surface area contributed by atoms with Crippen LogP contribution in [0.3, 0.4) is 0 Å². The summed E-state index contributed by atoms with van der Waals surface area (Å²) in [4.78, 5) is 23.2. The normalized spacial score (nSPS) is 10.3. The molecule has 0 saturated heterocycles. The van der Waals surface area contributed by atoms with Gasteiger partial charge in [-0.1, -0.05) is 30.3 Å². The lowest BCUT2D eigenvalue weighted by Gasteiger charge is -2.12. The first-order valence-electron chi connectivity index (χ1n) is 8.88. The third-order valence-corrected chi connectivity index (χ3v) is 4.04. The van der Waals surface area contributed by atoms with E-state index in [2.05, 4.69) is 17.4 Å². The number of ether oxygens (including phenoxy) is 2. The lowest BCUT2D eigenvalue weighted by molar-refractivity contribution is -0.385. The molecule has 0 aliphatic heterocycles. The van der Waals surface area contributed by atoms with E-state index < -0.39 is 10.8 Å². The fraction of sp³-hybridized carbons (Fsp3) is 0.350. The molecule has 1 N–H and O–H groups in total. The number of nitro benzene ring substituents is 1. The average Bonchev–Trinajstić information content (AvgIpc) is 2.68. The summed E-state index contributed by atoms with van der Waals surface area (Å²) in [6, 6.07) is 12.7. The van der Waals surface area contributed by atoms with E-state index in [-0.39, 0.29) is 22.7 Å². The van der Waals surface area contributed by atoms with Crippen molar-refractivity contribution in [2.75, 3.05) is 20.3 Å². The second-order valence-corrected chi connectivity index (χ2v) is 5.91. The summed E-state index contributed by atoms with van der Waals surface area (Å²) in [5.41, 5.74) is 0.903. The largest absolute Gasteiger partial charge is 0.493 e. The molecule has 0 radical (unpaired) electrons. The van der Waals surface area contributed by atoms with Crippen molar-refractivity contribution in [3.8, 4) is 11.5 Å². The Labute approximate surface area is 158 Å². The molecule has 27 heavy (non-hydrogen) atoms. The van der Waals surface area contributed by atoms with Crippen molar-refractivity contribution in [2.45, 2.75) is 26.2 Å². The number of benzene rings is 2. The summed E-state index contributed by atoms with van der Waals surface area (Å²) >= 11 is 0. The number of carbonyl (C=O) groups is 1. The number of hydrogen-bond donors (Lipinski definition) is 1. The van der Waals surface area contributed by atoms with Crippen LogP contribution in [0, 0.1) is 10.1 Å². The van der Waals surface area contributed by atoms with Crippen LogP contribution in [0.15, 0.2) is 42.5 Å². The van der Waals surface area contributed by atoms with Gasteiger partial charge in [-0.2, -0.15) is 0 Å². The molecular formula is C20H24N2O5. The van der Waals surface area contributed by atoms with Crippen molar-refractivity contribution in [2.24, 2.45) is 0 Å². The van der Waals surface area contributed by atoms with Crippen LogP contribution in [0.4, 0.5) is 5.69 Å². The minimum absolute atomic E-state index is 0.0386. The molecule has 0 heterocycles. The third kappa shape index (κ3) is 5.70. The molecule has 0 fully saturated rings. The van der Waals surface area contributed by atoms with E-state index in [0.717, 1.165) is 19.3 Å². The standard InChI is InChI=1S/C20H24N2O5/c1-3-27-19-14-17(22(24)25)16(13-18(19)26-2)20(23)21-12-8-7-11-15-9-5-4-6-10-15/h4-6,9-10,13-14H,3,7-8,11-12H2,1-2H3,(H,21,23). The summed E-state index contributed by atoms with van der Waals surface area (Å²) in [6.07, 6.45) is 2.62. The molecule has 2 aromatic rings. The Kier molecular flexibility index (Phi) is 7.61. The highest BCUT2D eigenvalue weighted by atomic mass is 16.6. The molecule has 0 saturated carbocycles. The Hall–Kier alpha value is -3.09. The highest BCUT2D eigenvalue weighted by Crippen LogP contribution is 2.34. The Morgan fingerprint density at radius 2 is 1.89 bits per heavy atom. The topological polar surface area (TPSA) is 90.7 Å². The Morgan fingerprint density at radius 3 is 2.52 bits per heavy atom. The van der Waals surface area contributed by atoms with Gasteiger partial charge in [0.1, 0.15) is 5.56 Å². The Balaban J connectivity index is 1.98. The van der Waals surface area contributed by atoms with Gasteiger partial charge in [-0.25, -0.2) is 0 Å².